The minimum atomic E-state index is -0.122. The van der Waals surface area contributed by atoms with Gasteiger partial charge in [-0.1, -0.05) is 48.5 Å². The number of carbonyl (C=O) groups excluding carboxylic acids is 1. The van der Waals surface area contributed by atoms with Crippen molar-refractivity contribution in [3.05, 3.63) is 100 Å². The Kier molecular flexibility index (Phi) is 5.09. The van der Waals surface area contributed by atoms with Gasteiger partial charge in [0, 0.05) is 24.5 Å². The zero-order chi connectivity index (χ0) is 17.6. The fraction of sp³-hybridized carbons (Fsp3) is 0.143. The number of amides is 1. The number of para-hydroxylation sites is 1. The lowest BCUT2D eigenvalue weighted by Crippen LogP contribution is -2.32. The molecular formula is C21H20N2O2. The highest BCUT2D eigenvalue weighted by atomic mass is 16.2. The number of rotatable bonds is 5. The van der Waals surface area contributed by atoms with E-state index in [1.165, 1.54) is 6.07 Å². The Balaban J connectivity index is 1.90. The summed E-state index contributed by atoms with van der Waals surface area (Å²) < 4.78 is 1.57. The van der Waals surface area contributed by atoms with Gasteiger partial charge in [0.1, 0.15) is 0 Å². The summed E-state index contributed by atoms with van der Waals surface area (Å²) in [6.45, 7) is 2.93. The van der Waals surface area contributed by atoms with Crippen LogP contribution in [-0.4, -0.2) is 17.0 Å². The quantitative estimate of drug-likeness (QED) is 0.717. The van der Waals surface area contributed by atoms with Crippen molar-refractivity contribution in [2.75, 3.05) is 11.4 Å². The molecule has 0 aliphatic carbocycles. The van der Waals surface area contributed by atoms with Gasteiger partial charge in [0.05, 0.1) is 12.1 Å². The summed E-state index contributed by atoms with van der Waals surface area (Å²) in [5.74, 6) is -0.115. The van der Waals surface area contributed by atoms with E-state index in [4.69, 9.17) is 0 Å². The largest absolute Gasteiger partial charge is 0.310 e. The molecule has 1 amide bonds. The summed E-state index contributed by atoms with van der Waals surface area (Å²) in [5.41, 5.74) is 2.24. The Hall–Kier alpha value is -3.14. The number of benzene rings is 2. The molecule has 2 aromatic carbocycles. The molecule has 4 heteroatoms. The van der Waals surface area contributed by atoms with Crippen LogP contribution in [0, 0.1) is 0 Å². The fourth-order valence-corrected chi connectivity index (χ4v) is 2.77. The average molecular weight is 332 g/mol. The molecule has 0 radical (unpaired) electrons. The lowest BCUT2D eigenvalue weighted by Gasteiger charge is -2.21. The highest BCUT2D eigenvalue weighted by Gasteiger charge is 2.16. The van der Waals surface area contributed by atoms with Crippen molar-refractivity contribution in [3.63, 3.8) is 0 Å². The van der Waals surface area contributed by atoms with E-state index >= 15 is 0 Å². The first-order valence-electron chi connectivity index (χ1n) is 8.30. The summed E-state index contributed by atoms with van der Waals surface area (Å²) in [7, 11) is 0. The fourth-order valence-electron chi connectivity index (χ4n) is 2.77. The maximum atomic E-state index is 12.9. The zero-order valence-electron chi connectivity index (χ0n) is 14.1. The first kappa shape index (κ1) is 16.7. The van der Waals surface area contributed by atoms with Crippen molar-refractivity contribution in [2.24, 2.45) is 0 Å². The molecule has 3 rings (SSSR count). The van der Waals surface area contributed by atoms with Crippen LogP contribution in [0.1, 0.15) is 22.8 Å². The standard InChI is InChI=1S/C21H20N2O2/c1-2-23(19-11-7-4-8-12-19)21(25)18-13-14-20(24)22(16-18)15-17-9-5-3-6-10-17/h3-14,16H,2,15H2,1H3. The highest BCUT2D eigenvalue weighted by Crippen LogP contribution is 2.16. The molecule has 0 bridgehead atoms. The number of anilines is 1. The minimum Gasteiger partial charge on any atom is -0.310 e. The van der Waals surface area contributed by atoms with Crippen LogP contribution in [0.5, 0.6) is 0 Å². The van der Waals surface area contributed by atoms with Crippen molar-refractivity contribution < 1.29 is 4.79 Å². The van der Waals surface area contributed by atoms with Crippen LogP contribution in [-0.2, 0) is 6.54 Å². The van der Waals surface area contributed by atoms with E-state index in [1.807, 2.05) is 67.6 Å². The molecule has 25 heavy (non-hydrogen) atoms. The number of hydrogen-bond donors (Lipinski definition) is 0. The third-order valence-electron chi connectivity index (χ3n) is 4.06. The molecule has 0 aliphatic heterocycles. The van der Waals surface area contributed by atoms with Crippen molar-refractivity contribution in [3.8, 4) is 0 Å². The van der Waals surface area contributed by atoms with Crippen LogP contribution in [0.3, 0.4) is 0 Å². The Labute approximate surface area is 147 Å². The van der Waals surface area contributed by atoms with Gasteiger partial charge in [0.15, 0.2) is 0 Å². The van der Waals surface area contributed by atoms with E-state index in [-0.39, 0.29) is 11.5 Å². The molecule has 0 spiro atoms. The number of carbonyl (C=O) groups is 1. The second kappa shape index (κ2) is 7.62. The van der Waals surface area contributed by atoms with Crippen molar-refractivity contribution in [2.45, 2.75) is 13.5 Å². The van der Waals surface area contributed by atoms with E-state index in [2.05, 4.69) is 0 Å². The predicted molar refractivity (Wildman–Crippen MR) is 100 cm³/mol. The molecule has 3 aromatic rings. The maximum Gasteiger partial charge on any atom is 0.259 e. The van der Waals surface area contributed by atoms with Crippen LogP contribution in [0.4, 0.5) is 5.69 Å². The average Bonchev–Trinajstić information content (AvgIpc) is 2.66. The van der Waals surface area contributed by atoms with Gasteiger partial charge in [-0.25, -0.2) is 0 Å². The summed E-state index contributed by atoms with van der Waals surface area (Å²) in [5, 5.41) is 0. The van der Waals surface area contributed by atoms with Crippen LogP contribution in [0.25, 0.3) is 0 Å². The molecule has 0 unspecified atom stereocenters. The van der Waals surface area contributed by atoms with E-state index in [0.29, 0.717) is 18.7 Å². The molecule has 0 atom stereocenters. The second-order valence-corrected chi connectivity index (χ2v) is 5.75. The van der Waals surface area contributed by atoms with E-state index < -0.39 is 0 Å². The molecule has 1 aromatic heterocycles. The van der Waals surface area contributed by atoms with Crippen molar-refractivity contribution in [1.29, 1.82) is 0 Å². The van der Waals surface area contributed by atoms with Gasteiger partial charge in [0.25, 0.3) is 11.5 Å². The molecule has 1 heterocycles. The Morgan fingerprint density at radius 3 is 2.20 bits per heavy atom. The number of hydrogen-bond acceptors (Lipinski definition) is 2. The molecule has 0 aliphatic rings. The molecule has 0 saturated carbocycles. The summed E-state index contributed by atoms with van der Waals surface area (Å²) in [4.78, 5) is 26.7. The Bertz CT molecular complexity index is 902. The van der Waals surface area contributed by atoms with E-state index in [0.717, 1.165) is 11.3 Å². The van der Waals surface area contributed by atoms with Crippen molar-refractivity contribution in [1.82, 2.24) is 4.57 Å². The SMILES string of the molecule is CCN(C(=O)c1ccc(=O)n(Cc2ccccc2)c1)c1ccccc1. The monoisotopic (exact) mass is 332 g/mol. The molecular weight excluding hydrogens is 312 g/mol. The third kappa shape index (κ3) is 3.86. The number of nitrogens with zero attached hydrogens (tertiary/aromatic N) is 2. The van der Waals surface area contributed by atoms with Gasteiger partial charge in [-0.3, -0.25) is 9.59 Å². The third-order valence-corrected chi connectivity index (χ3v) is 4.06. The first-order chi connectivity index (χ1) is 12.2. The number of aromatic nitrogens is 1. The summed E-state index contributed by atoms with van der Waals surface area (Å²) >= 11 is 0. The normalized spacial score (nSPS) is 10.4. The van der Waals surface area contributed by atoms with Crippen LogP contribution in [0.2, 0.25) is 0 Å². The van der Waals surface area contributed by atoms with Gasteiger partial charge in [-0.05, 0) is 30.7 Å². The topological polar surface area (TPSA) is 42.3 Å². The van der Waals surface area contributed by atoms with Crippen LogP contribution >= 0.6 is 0 Å². The van der Waals surface area contributed by atoms with Crippen LogP contribution < -0.4 is 10.5 Å². The van der Waals surface area contributed by atoms with Gasteiger partial charge >= 0.3 is 0 Å². The first-order valence-corrected chi connectivity index (χ1v) is 8.30. The van der Waals surface area contributed by atoms with Gasteiger partial charge in [-0.2, -0.15) is 0 Å². The highest BCUT2D eigenvalue weighted by molar-refractivity contribution is 6.05. The lowest BCUT2D eigenvalue weighted by molar-refractivity contribution is 0.0987. The Morgan fingerprint density at radius 1 is 0.920 bits per heavy atom. The summed E-state index contributed by atoms with van der Waals surface area (Å²) in [6.07, 6.45) is 1.64. The minimum absolute atomic E-state index is 0.115. The van der Waals surface area contributed by atoms with Crippen molar-refractivity contribution >= 4 is 11.6 Å². The van der Waals surface area contributed by atoms with Gasteiger partial charge in [-0.15, -0.1) is 0 Å². The smallest absolute Gasteiger partial charge is 0.259 e. The lowest BCUT2D eigenvalue weighted by atomic mass is 10.2. The van der Waals surface area contributed by atoms with E-state index in [9.17, 15) is 9.59 Å². The molecule has 0 saturated heterocycles. The Morgan fingerprint density at radius 2 is 1.56 bits per heavy atom. The van der Waals surface area contributed by atoms with Gasteiger partial charge in [0.2, 0.25) is 0 Å². The van der Waals surface area contributed by atoms with Gasteiger partial charge < -0.3 is 9.47 Å². The maximum absolute atomic E-state index is 12.9. The second-order valence-electron chi connectivity index (χ2n) is 5.75. The molecule has 0 N–H and O–H groups in total. The molecule has 126 valence electrons. The molecule has 0 fully saturated rings. The van der Waals surface area contributed by atoms with Crippen LogP contribution in [0.15, 0.2) is 83.8 Å². The predicted octanol–water partition coefficient (Wildman–Crippen LogP) is 3.56. The zero-order valence-corrected chi connectivity index (χ0v) is 14.1. The summed E-state index contributed by atoms with van der Waals surface area (Å²) in [6, 6.07) is 22.3. The molecule has 4 nitrogen and oxygen atoms in total. The van der Waals surface area contributed by atoms with E-state index in [1.54, 1.807) is 21.7 Å². The number of pyridine rings is 1.